The van der Waals surface area contributed by atoms with E-state index in [4.69, 9.17) is 0 Å². The Balaban J connectivity index is 1.97. The smallest absolute Gasteiger partial charge is 0.0541 e. The Kier molecular flexibility index (Phi) is 4.87. The molecule has 1 saturated carbocycles. The minimum atomic E-state index is -0.0712. The van der Waals surface area contributed by atoms with Gasteiger partial charge in [-0.2, -0.15) is 0 Å². The van der Waals surface area contributed by atoms with E-state index in [1.807, 2.05) is 0 Å². The molecule has 0 aliphatic heterocycles. The van der Waals surface area contributed by atoms with Crippen LogP contribution in [0.5, 0.6) is 0 Å². The van der Waals surface area contributed by atoms with E-state index in [9.17, 15) is 5.11 Å². The van der Waals surface area contributed by atoms with E-state index >= 15 is 0 Å². The highest BCUT2D eigenvalue weighted by Gasteiger charge is 2.22. The van der Waals surface area contributed by atoms with Gasteiger partial charge in [0.1, 0.15) is 0 Å². The molecule has 2 heteroatoms. The lowest BCUT2D eigenvalue weighted by Gasteiger charge is -2.34. The molecule has 0 aromatic heterocycles. The molecule has 106 valence electrons. The van der Waals surface area contributed by atoms with E-state index in [1.165, 1.54) is 11.3 Å². The lowest BCUT2D eigenvalue weighted by Crippen LogP contribution is -2.36. The number of nitrogens with zero attached hydrogens (tertiary/aromatic N) is 1. The van der Waals surface area contributed by atoms with Crippen molar-refractivity contribution in [2.24, 2.45) is 5.92 Å². The first-order valence-corrected chi connectivity index (χ1v) is 7.56. The van der Waals surface area contributed by atoms with Crippen molar-refractivity contribution in [3.8, 4) is 0 Å². The zero-order valence-corrected chi connectivity index (χ0v) is 12.5. The van der Waals surface area contributed by atoms with Gasteiger partial charge in [-0.25, -0.2) is 0 Å². The molecule has 0 unspecified atom stereocenters. The largest absolute Gasteiger partial charge is 0.393 e. The third-order valence-electron chi connectivity index (χ3n) is 4.20. The number of aliphatic hydroxyl groups is 1. The Bertz CT molecular complexity index is 377. The summed E-state index contributed by atoms with van der Waals surface area (Å²) in [5.41, 5.74) is 2.72. The van der Waals surface area contributed by atoms with Gasteiger partial charge in [-0.3, -0.25) is 0 Å². The van der Waals surface area contributed by atoms with Crippen molar-refractivity contribution in [2.45, 2.75) is 58.1 Å². The van der Waals surface area contributed by atoms with Crippen molar-refractivity contribution >= 4 is 5.69 Å². The van der Waals surface area contributed by atoms with Crippen molar-refractivity contribution in [1.29, 1.82) is 0 Å². The van der Waals surface area contributed by atoms with E-state index in [0.29, 0.717) is 12.0 Å². The van der Waals surface area contributed by atoms with Crippen LogP contribution in [0.2, 0.25) is 0 Å². The molecule has 1 aromatic carbocycles. The molecule has 0 heterocycles. The topological polar surface area (TPSA) is 23.5 Å². The van der Waals surface area contributed by atoms with Crippen LogP contribution in [0.25, 0.3) is 0 Å². The van der Waals surface area contributed by atoms with Crippen molar-refractivity contribution in [3.05, 3.63) is 29.8 Å². The molecule has 0 amide bonds. The summed E-state index contributed by atoms with van der Waals surface area (Å²) in [6.45, 7) is 4.51. The highest BCUT2D eigenvalue weighted by molar-refractivity contribution is 5.48. The number of anilines is 1. The summed E-state index contributed by atoms with van der Waals surface area (Å²) >= 11 is 0. The van der Waals surface area contributed by atoms with Crippen molar-refractivity contribution in [1.82, 2.24) is 0 Å². The standard InChI is InChI=1S/C17H27NO/c1-13(2)12-14-4-6-15(7-5-14)18(3)16-8-10-17(19)11-9-16/h4-7,13,16-17,19H,8-12H2,1-3H3. The van der Waals surface area contributed by atoms with E-state index < -0.39 is 0 Å². The van der Waals surface area contributed by atoms with E-state index in [2.05, 4.69) is 50.1 Å². The summed E-state index contributed by atoms with van der Waals surface area (Å²) in [6.07, 6.45) is 5.18. The molecular formula is C17H27NO. The summed E-state index contributed by atoms with van der Waals surface area (Å²) in [5, 5.41) is 9.58. The SMILES string of the molecule is CC(C)Cc1ccc(N(C)C2CCC(O)CC2)cc1. The van der Waals surface area contributed by atoms with Gasteiger partial charge in [0.2, 0.25) is 0 Å². The Labute approximate surface area is 117 Å². The monoisotopic (exact) mass is 261 g/mol. The third kappa shape index (κ3) is 3.97. The summed E-state index contributed by atoms with van der Waals surface area (Å²) in [4.78, 5) is 2.38. The van der Waals surface area contributed by atoms with Crippen molar-refractivity contribution in [3.63, 3.8) is 0 Å². The summed E-state index contributed by atoms with van der Waals surface area (Å²) in [6, 6.07) is 9.57. The van der Waals surface area contributed by atoms with E-state index in [1.54, 1.807) is 0 Å². The molecule has 2 rings (SSSR count). The first-order chi connectivity index (χ1) is 9.06. The van der Waals surface area contributed by atoms with Crippen LogP contribution < -0.4 is 4.90 Å². The second-order valence-electron chi connectivity index (χ2n) is 6.34. The minimum absolute atomic E-state index is 0.0712. The van der Waals surface area contributed by atoms with Gasteiger partial charge in [-0.1, -0.05) is 26.0 Å². The first kappa shape index (κ1) is 14.4. The van der Waals surface area contributed by atoms with E-state index in [-0.39, 0.29) is 6.10 Å². The Morgan fingerprint density at radius 3 is 2.21 bits per heavy atom. The second-order valence-corrected chi connectivity index (χ2v) is 6.34. The maximum atomic E-state index is 9.58. The quantitative estimate of drug-likeness (QED) is 0.894. The van der Waals surface area contributed by atoms with Crippen molar-refractivity contribution < 1.29 is 5.11 Å². The van der Waals surface area contributed by atoms with Crippen LogP contribution in [0.15, 0.2) is 24.3 Å². The molecular weight excluding hydrogens is 234 g/mol. The molecule has 1 aliphatic rings. The molecule has 2 nitrogen and oxygen atoms in total. The first-order valence-electron chi connectivity index (χ1n) is 7.56. The van der Waals surface area contributed by atoms with Gasteiger partial charge in [-0.15, -0.1) is 0 Å². The Hall–Kier alpha value is -1.02. The van der Waals surface area contributed by atoms with Crippen LogP contribution >= 0.6 is 0 Å². The van der Waals surface area contributed by atoms with Gasteiger partial charge >= 0.3 is 0 Å². The van der Waals surface area contributed by atoms with Gasteiger partial charge in [0, 0.05) is 18.8 Å². The average molecular weight is 261 g/mol. The fraction of sp³-hybridized carbons (Fsp3) is 0.647. The maximum absolute atomic E-state index is 9.58. The van der Waals surface area contributed by atoms with Crippen LogP contribution in [-0.2, 0) is 6.42 Å². The second kappa shape index (κ2) is 6.42. The summed E-state index contributed by atoms with van der Waals surface area (Å²) in [7, 11) is 2.18. The van der Waals surface area contributed by atoms with E-state index in [0.717, 1.165) is 32.1 Å². The predicted octanol–water partition coefficient (Wildman–Crippen LogP) is 3.62. The highest BCUT2D eigenvalue weighted by atomic mass is 16.3. The molecule has 0 atom stereocenters. The van der Waals surface area contributed by atoms with Crippen LogP contribution in [-0.4, -0.2) is 24.3 Å². The molecule has 0 bridgehead atoms. The van der Waals surface area contributed by atoms with Gasteiger partial charge in [0.05, 0.1) is 6.10 Å². The molecule has 1 aromatic rings. The number of rotatable bonds is 4. The van der Waals surface area contributed by atoms with Gasteiger partial charge in [0.15, 0.2) is 0 Å². The zero-order valence-electron chi connectivity index (χ0n) is 12.5. The Morgan fingerprint density at radius 1 is 1.11 bits per heavy atom. The fourth-order valence-electron chi connectivity index (χ4n) is 2.99. The number of aliphatic hydroxyl groups excluding tert-OH is 1. The number of hydrogen-bond donors (Lipinski definition) is 1. The molecule has 1 aliphatic carbocycles. The average Bonchev–Trinajstić information content (AvgIpc) is 2.39. The van der Waals surface area contributed by atoms with Crippen LogP contribution in [0.3, 0.4) is 0 Å². The molecule has 0 radical (unpaired) electrons. The lowest BCUT2D eigenvalue weighted by atomic mass is 9.92. The Morgan fingerprint density at radius 2 is 1.68 bits per heavy atom. The summed E-state index contributed by atoms with van der Waals surface area (Å²) in [5.74, 6) is 0.711. The van der Waals surface area contributed by atoms with Crippen LogP contribution in [0.1, 0.15) is 45.1 Å². The predicted molar refractivity (Wildman–Crippen MR) is 81.6 cm³/mol. The molecule has 1 fully saturated rings. The fourth-order valence-corrected chi connectivity index (χ4v) is 2.99. The third-order valence-corrected chi connectivity index (χ3v) is 4.20. The van der Waals surface area contributed by atoms with Gasteiger partial charge in [-0.05, 0) is 55.7 Å². The molecule has 1 N–H and O–H groups in total. The maximum Gasteiger partial charge on any atom is 0.0541 e. The normalized spacial score (nSPS) is 23.6. The molecule has 0 spiro atoms. The lowest BCUT2D eigenvalue weighted by molar-refractivity contribution is 0.122. The van der Waals surface area contributed by atoms with Crippen LogP contribution in [0, 0.1) is 5.92 Å². The summed E-state index contributed by atoms with van der Waals surface area (Å²) < 4.78 is 0. The van der Waals surface area contributed by atoms with Crippen LogP contribution in [0.4, 0.5) is 5.69 Å². The zero-order chi connectivity index (χ0) is 13.8. The van der Waals surface area contributed by atoms with Crippen molar-refractivity contribution in [2.75, 3.05) is 11.9 Å². The van der Waals surface area contributed by atoms with Gasteiger partial charge in [0.25, 0.3) is 0 Å². The number of benzene rings is 1. The highest BCUT2D eigenvalue weighted by Crippen LogP contribution is 2.26. The van der Waals surface area contributed by atoms with Gasteiger partial charge < -0.3 is 10.0 Å². The molecule has 0 saturated heterocycles. The minimum Gasteiger partial charge on any atom is -0.393 e. The molecule has 19 heavy (non-hydrogen) atoms. The number of hydrogen-bond acceptors (Lipinski definition) is 2.